The second-order valence-electron chi connectivity index (χ2n) is 11.9. The fourth-order valence-electron chi connectivity index (χ4n) is 6.04. The third kappa shape index (κ3) is 5.20. The molecule has 7 heteroatoms. The van der Waals surface area contributed by atoms with Crippen LogP contribution in [0.1, 0.15) is 76.5 Å². The van der Waals surface area contributed by atoms with E-state index in [1.165, 1.54) is 6.42 Å². The molecular weight excluding hydrogens is 462 g/mol. The van der Waals surface area contributed by atoms with Crippen molar-refractivity contribution in [3.05, 3.63) is 59.9 Å². The van der Waals surface area contributed by atoms with Gasteiger partial charge in [0.1, 0.15) is 12.1 Å². The Hall–Kier alpha value is -3.40. The molecule has 1 aliphatic heterocycles. The maximum absolute atomic E-state index is 14.4. The van der Waals surface area contributed by atoms with Crippen LogP contribution in [0, 0.1) is 23.3 Å². The first-order valence-corrected chi connectivity index (χ1v) is 13.6. The van der Waals surface area contributed by atoms with Crippen molar-refractivity contribution < 1.29 is 9.59 Å². The number of piperidine rings is 1. The number of likely N-dealkylation sites (tertiary alicyclic amines) is 1. The monoisotopic (exact) mass is 499 g/mol. The van der Waals surface area contributed by atoms with Crippen molar-refractivity contribution in [1.82, 2.24) is 15.2 Å². The van der Waals surface area contributed by atoms with Gasteiger partial charge < -0.3 is 5.32 Å². The van der Waals surface area contributed by atoms with E-state index in [1.807, 2.05) is 30.3 Å². The first-order chi connectivity index (χ1) is 17.8. The van der Waals surface area contributed by atoms with Gasteiger partial charge in [-0.2, -0.15) is 5.26 Å². The van der Waals surface area contributed by atoms with Crippen LogP contribution in [-0.4, -0.2) is 40.3 Å². The molecule has 0 spiro atoms. The molecule has 4 atom stereocenters. The molecule has 3 aliphatic rings. The summed E-state index contributed by atoms with van der Waals surface area (Å²) in [7, 11) is 0. The largest absolute Gasteiger partial charge is 0.351 e. The minimum Gasteiger partial charge on any atom is -0.351 e. The van der Waals surface area contributed by atoms with Gasteiger partial charge in [0.25, 0.3) is 5.91 Å². The molecule has 0 radical (unpaired) electrons. The average Bonchev–Trinajstić information content (AvgIpc) is 3.56. The van der Waals surface area contributed by atoms with Crippen LogP contribution in [0.3, 0.4) is 0 Å². The number of aromatic nitrogens is 1. The number of pyridine rings is 1. The van der Waals surface area contributed by atoms with Crippen LogP contribution < -0.4 is 10.2 Å². The predicted molar refractivity (Wildman–Crippen MR) is 142 cm³/mol. The number of amides is 2. The van der Waals surface area contributed by atoms with Crippen molar-refractivity contribution in [1.29, 1.82) is 5.26 Å². The summed E-state index contributed by atoms with van der Waals surface area (Å²) in [6, 6.07) is 10.3. The van der Waals surface area contributed by atoms with Gasteiger partial charge in [-0.3, -0.25) is 24.4 Å². The van der Waals surface area contributed by atoms with Crippen LogP contribution in [0.15, 0.2) is 48.8 Å². The summed E-state index contributed by atoms with van der Waals surface area (Å²) in [5.41, 5.74) is 2.43. The molecule has 7 nitrogen and oxygen atoms in total. The van der Waals surface area contributed by atoms with E-state index in [1.54, 1.807) is 28.3 Å². The van der Waals surface area contributed by atoms with Crippen LogP contribution in [0.5, 0.6) is 0 Å². The van der Waals surface area contributed by atoms with Gasteiger partial charge in [0, 0.05) is 36.2 Å². The highest BCUT2D eigenvalue weighted by molar-refractivity contribution is 6.04. The first kappa shape index (κ1) is 25.3. The maximum Gasteiger partial charge on any atom is 0.251 e. The minimum atomic E-state index is -0.873. The van der Waals surface area contributed by atoms with Crippen molar-refractivity contribution in [2.75, 3.05) is 11.4 Å². The smallest absolute Gasteiger partial charge is 0.251 e. The SMILES string of the molecule is CC(C)(C)c1ccc(N(C(=O)C2[C@@H]3C[C@@H]3CN2C#N)C(C(=O)NC2CCCCC2)c2cccnc2)cc1. The summed E-state index contributed by atoms with van der Waals surface area (Å²) in [5.74, 6) is 0.163. The van der Waals surface area contributed by atoms with Gasteiger partial charge in [0.15, 0.2) is 6.19 Å². The number of fused-ring (bicyclic) bond motifs is 1. The fourth-order valence-corrected chi connectivity index (χ4v) is 6.04. The molecule has 1 aromatic heterocycles. The van der Waals surface area contributed by atoms with Crippen LogP contribution in [0.2, 0.25) is 0 Å². The predicted octanol–water partition coefficient (Wildman–Crippen LogP) is 4.70. The van der Waals surface area contributed by atoms with Gasteiger partial charge in [-0.15, -0.1) is 0 Å². The lowest BCUT2D eigenvalue weighted by atomic mass is 9.87. The molecular formula is C30H37N5O2. The number of hydrogen-bond acceptors (Lipinski definition) is 5. The van der Waals surface area contributed by atoms with E-state index in [-0.39, 0.29) is 29.2 Å². The Bertz CT molecular complexity index is 1160. The van der Waals surface area contributed by atoms with Gasteiger partial charge in [-0.25, -0.2) is 0 Å². The molecule has 1 saturated heterocycles. The van der Waals surface area contributed by atoms with Crippen LogP contribution in [-0.2, 0) is 15.0 Å². The summed E-state index contributed by atoms with van der Waals surface area (Å²) in [6.07, 6.45) is 11.8. The zero-order valence-corrected chi connectivity index (χ0v) is 22.1. The number of nitriles is 1. The Morgan fingerprint density at radius 1 is 1.14 bits per heavy atom. The number of carbonyl (C=O) groups excluding carboxylic acids is 2. The van der Waals surface area contributed by atoms with E-state index in [2.05, 4.69) is 37.3 Å². The topological polar surface area (TPSA) is 89.3 Å². The first-order valence-electron chi connectivity index (χ1n) is 13.6. The lowest BCUT2D eigenvalue weighted by Crippen LogP contribution is -2.52. The molecule has 2 amide bonds. The zero-order chi connectivity index (χ0) is 26.2. The number of nitrogens with zero attached hydrogens (tertiary/aromatic N) is 4. The Kier molecular flexibility index (Phi) is 6.94. The number of benzene rings is 1. The van der Waals surface area contributed by atoms with Crippen molar-refractivity contribution in [3.8, 4) is 6.19 Å². The van der Waals surface area contributed by atoms with Gasteiger partial charge in [0.05, 0.1) is 0 Å². The third-order valence-corrected chi connectivity index (χ3v) is 8.24. The molecule has 2 saturated carbocycles. The van der Waals surface area contributed by atoms with Gasteiger partial charge in [-0.1, -0.05) is 58.2 Å². The fraction of sp³-hybridized carbons (Fsp3) is 0.533. The standard InChI is InChI=1S/C30H37N5O2/c1-30(2,3)22-11-13-24(14-12-22)35(29(37)27-25-16-21(25)18-34(27)19-31)26(20-8-7-15-32-17-20)28(36)33-23-9-5-4-6-10-23/h7-8,11-15,17,21,23,25-27H,4-6,9-10,16,18H2,1-3H3,(H,33,36)/t21-,25-,26?,27?/m1/s1. The van der Waals surface area contributed by atoms with Crippen molar-refractivity contribution in [2.24, 2.45) is 11.8 Å². The highest BCUT2D eigenvalue weighted by Gasteiger charge is 2.57. The summed E-state index contributed by atoms with van der Waals surface area (Å²) in [6.45, 7) is 7.06. The summed E-state index contributed by atoms with van der Waals surface area (Å²) < 4.78 is 0. The molecule has 5 rings (SSSR count). The Labute approximate surface area is 219 Å². The maximum atomic E-state index is 14.4. The van der Waals surface area contributed by atoms with Gasteiger partial charge >= 0.3 is 0 Å². The molecule has 2 aliphatic carbocycles. The van der Waals surface area contributed by atoms with E-state index < -0.39 is 12.1 Å². The number of carbonyl (C=O) groups is 2. The van der Waals surface area contributed by atoms with Crippen LogP contribution in [0.25, 0.3) is 0 Å². The molecule has 0 bridgehead atoms. The number of anilines is 1. The lowest BCUT2D eigenvalue weighted by Gasteiger charge is -2.36. The highest BCUT2D eigenvalue weighted by Crippen LogP contribution is 2.50. The van der Waals surface area contributed by atoms with E-state index in [0.29, 0.717) is 23.7 Å². The Balaban J connectivity index is 1.56. The normalized spacial score (nSPS) is 24.1. The molecule has 37 heavy (non-hydrogen) atoms. The minimum absolute atomic E-state index is 0.0429. The van der Waals surface area contributed by atoms with E-state index in [9.17, 15) is 14.9 Å². The van der Waals surface area contributed by atoms with E-state index in [0.717, 1.165) is 37.7 Å². The summed E-state index contributed by atoms with van der Waals surface area (Å²) >= 11 is 0. The number of rotatable bonds is 6. The Morgan fingerprint density at radius 2 is 1.86 bits per heavy atom. The van der Waals surface area contributed by atoms with Crippen LogP contribution in [0.4, 0.5) is 5.69 Å². The molecule has 1 N–H and O–H groups in total. The second-order valence-corrected chi connectivity index (χ2v) is 11.9. The van der Waals surface area contributed by atoms with Gasteiger partial charge in [0.2, 0.25) is 5.91 Å². The quantitative estimate of drug-likeness (QED) is 0.582. The zero-order valence-electron chi connectivity index (χ0n) is 22.1. The van der Waals surface area contributed by atoms with Crippen LogP contribution >= 0.6 is 0 Å². The van der Waals surface area contributed by atoms with Crippen molar-refractivity contribution >= 4 is 17.5 Å². The molecule has 1 aromatic carbocycles. The third-order valence-electron chi connectivity index (χ3n) is 8.24. The molecule has 2 heterocycles. The van der Waals surface area contributed by atoms with E-state index in [4.69, 9.17) is 0 Å². The summed E-state index contributed by atoms with van der Waals surface area (Å²) in [5, 5.41) is 13.1. The van der Waals surface area contributed by atoms with Crippen molar-refractivity contribution in [2.45, 2.75) is 82.8 Å². The molecule has 194 valence electrons. The molecule has 2 unspecified atom stereocenters. The second kappa shape index (κ2) is 10.2. The molecule has 3 fully saturated rings. The number of nitrogens with one attached hydrogen (secondary N) is 1. The molecule has 2 aromatic rings. The average molecular weight is 500 g/mol. The highest BCUT2D eigenvalue weighted by atomic mass is 16.2. The van der Waals surface area contributed by atoms with E-state index >= 15 is 0 Å². The Morgan fingerprint density at radius 3 is 2.49 bits per heavy atom. The van der Waals surface area contributed by atoms with Gasteiger partial charge in [-0.05, 0) is 60.3 Å². The summed E-state index contributed by atoms with van der Waals surface area (Å²) in [4.78, 5) is 35.9. The van der Waals surface area contributed by atoms with Crippen molar-refractivity contribution in [3.63, 3.8) is 0 Å². The number of hydrogen-bond donors (Lipinski definition) is 1. The lowest BCUT2D eigenvalue weighted by molar-refractivity contribution is -0.129.